The van der Waals surface area contributed by atoms with Crippen molar-refractivity contribution in [1.82, 2.24) is 0 Å². The molecule has 2 aliphatic heterocycles. The quantitative estimate of drug-likeness (QED) is 0.516. The molecule has 3 saturated carbocycles. The Balaban J connectivity index is 1.28. The maximum absolute atomic E-state index is 13.2. The lowest BCUT2D eigenvalue weighted by Crippen LogP contribution is -2.46. The maximum atomic E-state index is 13.2. The van der Waals surface area contributed by atoms with Crippen molar-refractivity contribution < 1.29 is 23.7 Å². The van der Waals surface area contributed by atoms with Crippen LogP contribution in [-0.2, 0) is 29.5 Å². The van der Waals surface area contributed by atoms with E-state index in [4.69, 9.17) is 18.9 Å². The van der Waals surface area contributed by atoms with Crippen LogP contribution in [0.25, 0.3) is 0 Å². The first-order chi connectivity index (χ1) is 16.9. The van der Waals surface area contributed by atoms with E-state index in [1.165, 1.54) is 18.4 Å². The van der Waals surface area contributed by atoms with Crippen molar-refractivity contribution in [3.8, 4) is 0 Å². The van der Waals surface area contributed by atoms with Crippen LogP contribution in [0.3, 0.4) is 0 Å². The molecule has 4 aliphatic carbocycles. The van der Waals surface area contributed by atoms with Gasteiger partial charge in [-0.1, -0.05) is 42.3 Å². The van der Waals surface area contributed by atoms with Crippen LogP contribution in [0.1, 0.15) is 82.3 Å². The number of fused-ring (bicyclic) bond motifs is 4. The van der Waals surface area contributed by atoms with Crippen molar-refractivity contribution in [2.45, 2.75) is 82.7 Å². The Kier molecular flexibility index (Phi) is 5.17. The zero-order valence-corrected chi connectivity index (χ0v) is 21.1. The van der Waals surface area contributed by atoms with Gasteiger partial charge in [0.1, 0.15) is 5.78 Å². The molecule has 5 atom stereocenters. The summed E-state index contributed by atoms with van der Waals surface area (Å²) in [5, 5.41) is 0. The molecule has 5 fully saturated rings. The zero-order chi connectivity index (χ0) is 23.8. The van der Waals surface area contributed by atoms with Gasteiger partial charge in [0.25, 0.3) is 0 Å². The zero-order valence-electron chi connectivity index (χ0n) is 21.1. The first-order valence-electron chi connectivity index (χ1n) is 13.8. The lowest BCUT2D eigenvalue weighted by Gasteiger charge is -2.52. The maximum Gasteiger partial charge on any atom is 0.192 e. The van der Waals surface area contributed by atoms with Gasteiger partial charge in [0.15, 0.2) is 11.6 Å². The van der Waals surface area contributed by atoms with E-state index in [-0.39, 0.29) is 11.2 Å². The Hall–Kier alpha value is -1.53. The fourth-order valence-corrected chi connectivity index (χ4v) is 8.76. The summed E-state index contributed by atoms with van der Waals surface area (Å²) in [5.74, 6) is 1.40. The Bertz CT molecular complexity index is 1050. The van der Waals surface area contributed by atoms with Crippen molar-refractivity contribution >= 4 is 5.78 Å². The molecule has 0 aromatic heterocycles. The van der Waals surface area contributed by atoms with E-state index in [1.54, 1.807) is 11.1 Å². The summed E-state index contributed by atoms with van der Waals surface area (Å²) >= 11 is 0. The predicted octanol–water partition coefficient (Wildman–Crippen LogP) is 5.63. The lowest BCUT2D eigenvalue weighted by atomic mass is 9.52. The highest BCUT2D eigenvalue weighted by Gasteiger charge is 2.57. The van der Waals surface area contributed by atoms with Gasteiger partial charge in [-0.25, -0.2) is 0 Å². The number of carbonyl (C=O) groups excluding carboxylic acids is 1. The summed E-state index contributed by atoms with van der Waals surface area (Å²) in [7, 11) is 0. The largest absolute Gasteiger partial charge is 0.348 e. The van der Waals surface area contributed by atoms with Gasteiger partial charge >= 0.3 is 0 Å². The average Bonchev–Trinajstić information content (AvgIpc) is 3.59. The van der Waals surface area contributed by atoms with Gasteiger partial charge in [-0.05, 0) is 62.3 Å². The highest BCUT2D eigenvalue weighted by Crippen LogP contribution is 2.64. The number of benzene rings is 1. The van der Waals surface area contributed by atoms with Gasteiger partial charge in [0.2, 0.25) is 0 Å². The van der Waals surface area contributed by atoms with E-state index in [9.17, 15) is 4.79 Å². The minimum atomic E-state index is -0.650. The van der Waals surface area contributed by atoms with Crippen molar-refractivity contribution in [2.24, 2.45) is 23.2 Å². The molecule has 5 unspecified atom stereocenters. The number of rotatable bonds is 2. The number of ether oxygens (including phenoxy) is 4. The van der Waals surface area contributed by atoms with E-state index in [1.807, 2.05) is 6.92 Å². The summed E-state index contributed by atoms with van der Waals surface area (Å²) in [4.78, 5) is 13.2. The molecule has 0 bridgehead atoms. The fourth-order valence-electron chi connectivity index (χ4n) is 8.76. The van der Waals surface area contributed by atoms with Crippen molar-refractivity contribution in [3.63, 3.8) is 0 Å². The first-order valence-corrected chi connectivity index (χ1v) is 13.8. The van der Waals surface area contributed by atoms with Crippen molar-refractivity contribution in [1.29, 1.82) is 0 Å². The molecule has 0 radical (unpaired) electrons. The molecule has 7 rings (SSSR count). The second-order valence-corrected chi connectivity index (χ2v) is 12.2. The highest BCUT2D eigenvalue weighted by molar-refractivity contribution is 5.87. The fraction of sp³-hybridized carbons (Fsp3) is 0.700. The summed E-state index contributed by atoms with van der Waals surface area (Å²) < 4.78 is 24.1. The summed E-state index contributed by atoms with van der Waals surface area (Å²) in [6.45, 7) is 7.01. The second-order valence-electron chi connectivity index (χ2n) is 12.2. The molecule has 35 heavy (non-hydrogen) atoms. The van der Waals surface area contributed by atoms with Crippen LogP contribution in [0.2, 0.25) is 0 Å². The smallest absolute Gasteiger partial charge is 0.192 e. The molecule has 188 valence electrons. The van der Waals surface area contributed by atoms with Crippen LogP contribution in [0, 0.1) is 23.2 Å². The third kappa shape index (κ3) is 3.38. The number of hydrogen-bond acceptors (Lipinski definition) is 5. The minimum absolute atomic E-state index is 0.192. The molecular formula is C30H38O5. The molecule has 0 amide bonds. The van der Waals surface area contributed by atoms with Gasteiger partial charge in [0.05, 0.1) is 26.4 Å². The molecular weight excluding hydrogens is 440 g/mol. The topological polar surface area (TPSA) is 54.0 Å². The lowest BCUT2D eigenvalue weighted by molar-refractivity contribution is -0.181. The van der Waals surface area contributed by atoms with Gasteiger partial charge in [0, 0.05) is 36.2 Å². The van der Waals surface area contributed by atoms with E-state index in [0.717, 1.165) is 57.3 Å². The number of allylic oxidation sites excluding steroid dienone is 2. The third-order valence-electron chi connectivity index (χ3n) is 10.5. The van der Waals surface area contributed by atoms with Crippen LogP contribution in [0.15, 0.2) is 35.4 Å². The van der Waals surface area contributed by atoms with Crippen LogP contribution in [0.4, 0.5) is 0 Å². The summed E-state index contributed by atoms with van der Waals surface area (Å²) in [6, 6.07) is 8.92. The van der Waals surface area contributed by atoms with Gasteiger partial charge in [-0.15, -0.1) is 0 Å². The Morgan fingerprint density at radius 2 is 1.54 bits per heavy atom. The van der Waals surface area contributed by atoms with Crippen LogP contribution in [0.5, 0.6) is 0 Å². The van der Waals surface area contributed by atoms with Gasteiger partial charge in [-0.2, -0.15) is 0 Å². The molecule has 6 aliphatic rings. The Morgan fingerprint density at radius 3 is 2.29 bits per heavy atom. The SMILES string of the molecule is CC1(c2ccc(C3CC4(C)C(=O)CCC4C4CCC5CC6(CCC5=C34)OCCO6)cc2)OCCO1. The second kappa shape index (κ2) is 7.98. The summed E-state index contributed by atoms with van der Waals surface area (Å²) in [6.07, 6.45) is 8.21. The monoisotopic (exact) mass is 478 g/mol. The van der Waals surface area contributed by atoms with E-state index in [0.29, 0.717) is 42.7 Å². The normalized spacial score (nSPS) is 39.5. The van der Waals surface area contributed by atoms with Gasteiger partial charge < -0.3 is 18.9 Å². The third-order valence-corrected chi connectivity index (χ3v) is 10.5. The molecule has 0 N–H and O–H groups in total. The average molecular weight is 479 g/mol. The number of hydrogen-bond donors (Lipinski definition) is 0. The Morgan fingerprint density at radius 1 is 0.829 bits per heavy atom. The molecule has 5 nitrogen and oxygen atoms in total. The first kappa shape index (κ1) is 22.7. The predicted molar refractivity (Wildman–Crippen MR) is 131 cm³/mol. The number of ketones is 1. The van der Waals surface area contributed by atoms with Crippen molar-refractivity contribution in [3.05, 3.63) is 46.5 Å². The van der Waals surface area contributed by atoms with Crippen LogP contribution in [-0.4, -0.2) is 38.0 Å². The van der Waals surface area contributed by atoms with Crippen LogP contribution < -0.4 is 0 Å². The molecule has 5 heteroatoms. The highest BCUT2D eigenvalue weighted by atomic mass is 16.7. The van der Waals surface area contributed by atoms with E-state index >= 15 is 0 Å². The minimum Gasteiger partial charge on any atom is -0.348 e. The Labute approximate surface area is 208 Å². The number of carbonyl (C=O) groups is 1. The number of Topliss-reactive ketones (excluding diaryl/α,β-unsaturated/α-hetero) is 1. The van der Waals surface area contributed by atoms with E-state index < -0.39 is 5.79 Å². The van der Waals surface area contributed by atoms with Gasteiger partial charge in [-0.3, -0.25) is 4.79 Å². The van der Waals surface area contributed by atoms with Crippen molar-refractivity contribution in [2.75, 3.05) is 26.4 Å². The molecule has 2 heterocycles. The molecule has 1 aromatic carbocycles. The van der Waals surface area contributed by atoms with Crippen LogP contribution >= 0.6 is 0 Å². The molecule has 1 aromatic rings. The molecule has 1 spiro atoms. The molecule has 2 saturated heterocycles. The van der Waals surface area contributed by atoms with E-state index in [2.05, 4.69) is 31.2 Å². The summed E-state index contributed by atoms with van der Waals surface area (Å²) in [5.41, 5.74) is 5.58. The standard InChI is InChI=1S/C30H38O5/c1-28-18-24(19-3-6-21(7-4-19)29(2)32-13-14-33-29)27-22-11-12-30(34-15-16-35-30)17-20(22)5-8-23(27)25(28)9-10-26(28)31/h3-4,6-7,20,23-25H,5,8-18H2,1-2H3.